The summed E-state index contributed by atoms with van der Waals surface area (Å²) in [7, 11) is 0. The van der Waals surface area contributed by atoms with E-state index in [1.807, 2.05) is 6.92 Å². The van der Waals surface area contributed by atoms with Crippen LogP contribution in [0.15, 0.2) is 24.4 Å². The number of nitrogens with zero attached hydrogens (tertiary/aromatic N) is 1. The number of amides is 1. The first-order chi connectivity index (χ1) is 8.08. The normalized spacial score (nSPS) is 10.2. The lowest BCUT2D eigenvalue weighted by atomic mass is 10.2. The number of nitrogens with one attached hydrogen (secondary N) is 1. The molecule has 1 amide bonds. The van der Waals surface area contributed by atoms with Gasteiger partial charge in [0.05, 0.1) is 11.2 Å². The van der Waals surface area contributed by atoms with Crippen molar-refractivity contribution in [1.29, 1.82) is 0 Å². The Labute approximate surface area is 103 Å². The molecule has 88 valence electrons. The quantitative estimate of drug-likeness (QED) is 0.859. The number of aromatic hydroxyl groups is 1. The molecule has 0 atom stereocenters. The monoisotopic (exact) mass is 248 g/mol. The van der Waals surface area contributed by atoms with E-state index < -0.39 is 0 Å². The second-order valence-corrected chi connectivity index (χ2v) is 4.88. The number of carbonyl (C=O) groups excluding carboxylic acids is 1. The molecule has 2 aromatic rings. The largest absolute Gasteiger partial charge is 0.508 e. The van der Waals surface area contributed by atoms with E-state index in [1.54, 1.807) is 31.3 Å². The van der Waals surface area contributed by atoms with Crippen LogP contribution in [-0.4, -0.2) is 16.0 Å². The molecule has 1 heterocycles. The van der Waals surface area contributed by atoms with Gasteiger partial charge in [0.25, 0.3) is 5.91 Å². The average molecular weight is 248 g/mol. The summed E-state index contributed by atoms with van der Waals surface area (Å²) in [6.45, 7) is 3.60. The predicted octanol–water partition coefficient (Wildman–Crippen LogP) is 2.72. The van der Waals surface area contributed by atoms with Crippen molar-refractivity contribution < 1.29 is 9.90 Å². The van der Waals surface area contributed by atoms with E-state index in [2.05, 4.69) is 10.3 Å². The van der Waals surface area contributed by atoms with Gasteiger partial charge in [0.2, 0.25) is 0 Å². The molecule has 17 heavy (non-hydrogen) atoms. The van der Waals surface area contributed by atoms with E-state index in [-0.39, 0.29) is 11.7 Å². The van der Waals surface area contributed by atoms with Crippen LogP contribution in [0.25, 0.3) is 0 Å². The minimum Gasteiger partial charge on any atom is -0.508 e. The number of carbonyl (C=O) groups is 1. The van der Waals surface area contributed by atoms with Crippen LogP contribution in [0.3, 0.4) is 0 Å². The molecule has 1 aromatic carbocycles. The van der Waals surface area contributed by atoms with Crippen LogP contribution in [-0.2, 0) is 0 Å². The van der Waals surface area contributed by atoms with E-state index >= 15 is 0 Å². The lowest BCUT2D eigenvalue weighted by Crippen LogP contribution is -2.11. The van der Waals surface area contributed by atoms with Gasteiger partial charge < -0.3 is 10.4 Å². The standard InChI is InChI=1S/C12H12N2O2S/c1-7-9(4-3-5-10(7)15)14-12(16)11-6-13-8(2)17-11/h3-6,15H,1-2H3,(H,14,16). The number of aromatic nitrogens is 1. The second kappa shape index (κ2) is 4.55. The highest BCUT2D eigenvalue weighted by atomic mass is 32.1. The van der Waals surface area contributed by atoms with Gasteiger partial charge in [-0.25, -0.2) is 4.98 Å². The SMILES string of the molecule is Cc1ncc(C(=O)Nc2cccc(O)c2C)s1. The van der Waals surface area contributed by atoms with Gasteiger partial charge in [0.1, 0.15) is 10.6 Å². The molecule has 0 fully saturated rings. The topological polar surface area (TPSA) is 62.2 Å². The highest BCUT2D eigenvalue weighted by Crippen LogP contribution is 2.24. The van der Waals surface area contributed by atoms with Crippen molar-refractivity contribution in [2.24, 2.45) is 0 Å². The molecule has 1 aromatic heterocycles. The molecule has 4 nitrogen and oxygen atoms in total. The summed E-state index contributed by atoms with van der Waals surface area (Å²) in [6.07, 6.45) is 1.55. The van der Waals surface area contributed by atoms with E-state index in [1.165, 1.54) is 11.3 Å². The number of thiazole rings is 1. The molecule has 0 saturated heterocycles. The number of anilines is 1. The number of aryl methyl sites for hydroxylation is 1. The molecule has 2 N–H and O–H groups in total. The Bertz CT molecular complexity index is 563. The van der Waals surface area contributed by atoms with Gasteiger partial charge in [-0.2, -0.15) is 0 Å². The van der Waals surface area contributed by atoms with Crippen molar-refractivity contribution in [3.8, 4) is 5.75 Å². The molecule has 5 heteroatoms. The molecule has 0 aliphatic carbocycles. The Kier molecular flexibility index (Phi) is 3.10. The Hall–Kier alpha value is -1.88. The number of phenolic OH excluding ortho intramolecular Hbond substituents is 1. The summed E-state index contributed by atoms with van der Waals surface area (Å²) in [6, 6.07) is 5.03. The molecule has 0 bridgehead atoms. The first-order valence-corrected chi connectivity index (χ1v) is 5.92. The zero-order chi connectivity index (χ0) is 12.4. The van der Waals surface area contributed by atoms with Crippen LogP contribution >= 0.6 is 11.3 Å². The Morgan fingerprint density at radius 2 is 2.18 bits per heavy atom. The molecule has 0 spiro atoms. The lowest BCUT2D eigenvalue weighted by Gasteiger charge is -2.08. The molecule has 0 aliphatic rings. The van der Waals surface area contributed by atoms with Crippen LogP contribution in [0, 0.1) is 13.8 Å². The summed E-state index contributed by atoms with van der Waals surface area (Å²) < 4.78 is 0. The lowest BCUT2D eigenvalue weighted by molar-refractivity contribution is 0.103. The summed E-state index contributed by atoms with van der Waals surface area (Å²) >= 11 is 1.34. The zero-order valence-corrected chi connectivity index (χ0v) is 10.3. The third kappa shape index (κ3) is 2.45. The van der Waals surface area contributed by atoms with Crippen LogP contribution < -0.4 is 5.32 Å². The van der Waals surface area contributed by atoms with E-state index in [9.17, 15) is 9.90 Å². The molecule has 0 radical (unpaired) electrons. The van der Waals surface area contributed by atoms with E-state index in [0.29, 0.717) is 16.1 Å². The smallest absolute Gasteiger partial charge is 0.267 e. The van der Waals surface area contributed by atoms with Crippen molar-refractivity contribution in [3.63, 3.8) is 0 Å². The molecular weight excluding hydrogens is 236 g/mol. The third-order valence-corrected chi connectivity index (χ3v) is 3.31. The summed E-state index contributed by atoms with van der Waals surface area (Å²) in [5.41, 5.74) is 1.27. The molecule has 0 aliphatic heterocycles. The van der Waals surface area contributed by atoms with E-state index in [0.717, 1.165) is 5.01 Å². The predicted molar refractivity (Wildman–Crippen MR) is 67.6 cm³/mol. The van der Waals surface area contributed by atoms with Gasteiger partial charge in [-0.15, -0.1) is 11.3 Å². The summed E-state index contributed by atoms with van der Waals surface area (Å²) in [5.74, 6) is -0.0346. The van der Waals surface area contributed by atoms with Gasteiger partial charge in [0.15, 0.2) is 0 Å². The number of hydrogen-bond donors (Lipinski definition) is 2. The first kappa shape index (κ1) is 11.6. The first-order valence-electron chi connectivity index (χ1n) is 5.10. The van der Waals surface area contributed by atoms with Gasteiger partial charge >= 0.3 is 0 Å². The minimum absolute atomic E-state index is 0.170. The van der Waals surface area contributed by atoms with Crippen molar-refractivity contribution in [3.05, 3.63) is 39.8 Å². The minimum atomic E-state index is -0.204. The van der Waals surface area contributed by atoms with E-state index in [4.69, 9.17) is 0 Å². The number of hydrogen-bond acceptors (Lipinski definition) is 4. The van der Waals surface area contributed by atoms with Crippen molar-refractivity contribution in [1.82, 2.24) is 4.98 Å². The maximum Gasteiger partial charge on any atom is 0.267 e. The highest BCUT2D eigenvalue weighted by Gasteiger charge is 2.11. The Morgan fingerprint density at radius 3 is 2.82 bits per heavy atom. The van der Waals surface area contributed by atoms with Crippen molar-refractivity contribution >= 4 is 22.9 Å². The zero-order valence-electron chi connectivity index (χ0n) is 9.52. The Morgan fingerprint density at radius 1 is 1.41 bits per heavy atom. The van der Waals surface area contributed by atoms with Crippen molar-refractivity contribution in [2.45, 2.75) is 13.8 Å². The van der Waals surface area contributed by atoms with Crippen molar-refractivity contribution in [2.75, 3.05) is 5.32 Å². The number of phenols is 1. The fourth-order valence-corrected chi connectivity index (χ4v) is 2.08. The molecule has 0 unspecified atom stereocenters. The summed E-state index contributed by atoms with van der Waals surface area (Å²) in [5, 5.41) is 13.1. The molecule has 2 rings (SSSR count). The summed E-state index contributed by atoms with van der Waals surface area (Å²) in [4.78, 5) is 16.5. The molecular formula is C12H12N2O2S. The van der Waals surface area contributed by atoms with Gasteiger partial charge in [-0.3, -0.25) is 4.79 Å². The molecule has 0 saturated carbocycles. The van der Waals surface area contributed by atoms with Crippen LogP contribution in [0.5, 0.6) is 5.75 Å². The van der Waals surface area contributed by atoms with Crippen LogP contribution in [0.4, 0.5) is 5.69 Å². The number of rotatable bonds is 2. The van der Waals surface area contributed by atoms with Crippen LogP contribution in [0.2, 0.25) is 0 Å². The Balaban J connectivity index is 2.21. The average Bonchev–Trinajstić information content (AvgIpc) is 2.72. The fraction of sp³-hybridized carbons (Fsp3) is 0.167. The van der Waals surface area contributed by atoms with Crippen LogP contribution in [0.1, 0.15) is 20.2 Å². The maximum absolute atomic E-state index is 11.9. The third-order valence-electron chi connectivity index (χ3n) is 2.40. The van der Waals surface area contributed by atoms with Gasteiger partial charge in [0, 0.05) is 11.3 Å². The fourth-order valence-electron chi connectivity index (χ4n) is 1.41. The van der Waals surface area contributed by atoms with Gasteiger partial charge in [-0.05, 0) is 26.0 Å². The second-order valence-electron chi connectivity index (χ2n) is 3.65. The van der Waals surface area contributed by atoms with Gasteiger partial charge in [-0.1, -0.05) is 6.07 Å². The number of benzene rings is 1. The maximum atomic E-state index is 11.9. The highest BCUT2D eigenvalue weighted by molar-refractivity contribution is 7.13.